The van der Waals surface area contributed by atoms with E-state index in [1.807, 2.05) is 19.1 Å². The molecule has 1 amide bonds. The first kappa shape index (κ1) is 14.4. The standard InChI is InChI=1S/C16H20N2O2S/c1-10-2-3-12-13(8-10)21-15(14(12)17)16(19)18-9-11-4-6-20-7-5-11/h2-3,8,11H,4-7,9,17H2,1H3,(H,18,19). The van der Waals surface area contributed by atoms with Crippen LogP contribution in [0, 0.1) is 12.8 Å². The monoisotopic (exact) mass is 304 g/mol. The van der Waals surface area contributed by atoms with E-state index < -0.39 is 0 Å². The van der Waals surface area contributed by atoms with Crippen LogP contribution in [-0.4, -0.2) is 25.7 Å². The number of aryl methyl sites for hydroxylation is 1. The number of hydrogen-bond acceptors (Lipinski definition) is 4. The number of fused-ring (bicyclic) bond motifs is 1. The molecule has 1 fully saturated rings. The third kappa shape index (κ3) is 3.04. The van der Waals surface area contributed by atoms with Gasteiger partial charge in [0.05, 0.1) is 5.69 Å². The molecule has 0 aliphatic carbocycles. The molecule has 1 saturated heterocycles. The van der Waals surface area contributed by atoms with Crippen molar-refractivity contribution in [3.8, 4) is 0 Å². The molecule has 1 aromatic heterocycles. The summed E-state index contributed by atoms with van der Waals surface area (Å²) in [5, 5.41) is 3.99. The summed E-state index contributed by atoms with van der Waals surface area (Å²) in [5.41, 5.74) is 7.90. The molecule has 0 saturated carbocycles. The van der Waals surface area contributed by atoms with Gasteiger partial charge in [-0.25, -0.2) is 0 Å². The Kier molecular flexibility index (Phi) is 4.12. The number of ether oxygens (including phenoxy) is 1. The van der Waals surface area contributed by atoms with E-state index in [4.69, 9.17) is 10.5 Å². The Balaban J connectivity index is 1.73. The maximum atomic E-state index is 12.4. The summed E-state index contributed by atoms with van der Waals surface area (Å²) < 4.78 is 6.40. The summed E-state index contributed by atoms with van der Waals surface area (Å²) in [6.45, 7) is 4.34. The van der Waals surface area contributed by atoms with E-state index in [2.05, 4.69) is 11.4 Å². The van der Waals surface area contributed by atoms with Crippen LogP contribution in [0.15, 0.2) is 18.2 Å². The maximum Gasteiger partial charge on any atom is 0.263 e. The molecule has 0 spiro atoms. The van der Waals surface area contributed by atoms with Crippen LogP contribution < -0.4 is 11.1 Å². The van der Waals surface area contributed by atoms with Crippen molar-refractivity contribution >= 4 is 33.0 Å². The minimum Gasteiger partial charge on any atom is -0.397 e. The second-order valence-corrected chi connectivity index (χ2v) is 6.66. The van der Waals surface area contributed by atoms with Gasteiger partial charge in [-0.05, 0) is 37.3 Å². The molecule has 3 N–H and O–H groups in total. The number of carbonyl (C=O) groups excluding carboxylic acids is 1. The average Bonchev–Trinajstić information content (AvgIpc) is 2.82. The number of carbonyl (C=O) groups is 1. The molecule has 0 atom stereocenters. The third-order valence-electron chi connectivity index (χ3n) is 3.98. The van der Waals surface area contributed by atoms with Crippen molar-refractivity contribution in [2.45, 2.75) is 19.8 Å². The van der Waals surface area contributed by atoms with Gasteiger partial charge in [-0.15, -0.1) is 11.3 Å². The highest BCUT2D eigenvalue weighted by Gasteiger charge is 2.19. The number of rotatable bonds is 3. The largest absolute Gasteiger partial charge is 0.397 e. The van der Waals surface area contributed by atoms with Crippen LogP contribution in [0.2, 0.25) is 0 Å². The van der Waals surface area contributed by atoms with Gasteiger partial charge < -0.3 is 15.8 Å². The zero-order chi connectivity index (χ0) is 14.8. The fourth-order valence-corrected chi connectivity index (χ4v) is 3.80. The lowest BCUT2D eigenvalue weighted by Crippen LogP contribution is -2.32. The van der Waals surface area contributed by atoms with Crippen molar-refractivity contribution in [2.24, 2.45) is 5.92 Å². The van der Waals surface area contributed by atoms with Crippen molar-refractivity contribution < 1.29 is 9.53 Å². The molecule has 2 heterocycles. The topological polar surface area (TPSA) is 64.4 Å². The van der Waals surface area contributed by atoms with Gasteiger partial charge >= 0.3 is 0 Å². The van der Waals surface area contributed by atoms with Gasteiger partial charge in [-0.2, -0.15) is 0 Å². The number of hydrogen-bond donors (Lipinski definition) is 2. The Bertz CT molecular complexity index is 660. The summed E-state index contributed by atoms with van der Waals surface area (Å²) in [5.74, 6) is 0.457. The van der Waals surface area contributed by atoms with E-state index in [-0.39, 0.29) is 5.91 Å². The molecule has 0 bridgehead atoms. The molecule has 3 rings (SSSR count). The zero-order valence-electron chi connectivity index (χ0n) is 12.1. The van der Waals surface area contributed by atoms with Crippen LogP contribution in [0.25, 0.3) is 10.1 Å². The molecule has 1 aliphatic heterocycles. The lowest BCUT2D eigenvalue weighted by atomic mass is 10.0. The van der Waals surface area contributed by atoms with E-state index in [0.717, 1.165) is 36.1 Å². The zero-order valence-corrected chi connectivity index (χ0v) is 13.0. The summed E-state index contributed by atoms with van der Waals surface area (Å²) in [4.78, 5) is 13.0. The molecule has 112 valence electrons. The van der Waals surface area contributed by atoms with E-state index in [9.17, 15) is 4.79 Å². The third-order valence-corrected chi connectivity index (χ3v) is 5.15. The average molecular weight is 304 g/mol. The van der Waals surface area contributed by atoms with Gasteiger partial charge in [0, 0.05) is 29.8 Å². The molecular formula is C16H20N2O2S. The number of amides is 1. The first-order valence-electron chi connectivity index (χ1n) is 7.29. The summed E-state index contributed by atoms with van der Waals surface area (Å²) in [7, 11) is 0. The van der Waals surface area contributed by atoms with Gasteiger partial charge in [0.15, 0.2) is 0 Å². The van der Waals surface area contributed by atoms with Gasteiger partial charge in [0.2, 0.25) is 0 Å². The van der Waals surface area contributed by atoms with Gasteiger partial charge in [-0.1, -0.05) is 12.1 Å². The fraction of sp³-hybridized carbons (Fsp3) is 0.438. The molecular weight excluding hydrogens is 284 g/mol. The highest BCUT2D eigenvalue weighted by atomic mass is 32.1. The number of nitrogen functional groups attached to an aromatic ring is 1. The Morgan fingerprint density at radius 3 is 2.95 bits per heavy atom. The summed E-state index contributed by atoms with van der Waals surface area (Å²) >= 11 is 1.47. The second kappa shape index (κ2) is 6.03. The number of nitrogens with two attached hydrogens (primary N) is 1. The minimum absolute atomic E-state index is 0.0576. The SMILES string of the molecule is Cc1ccc2c(N)c(C(=O)NCC3CCOCC3)sc2c1. The predicted molar refractivity (Wildman–Crippen MR) is 86.9 cm³/mol. The summed E-state index contributed by atoms with van der Waals surface area (Å²) in [6.07, 6.45) is 2.03. The molecule has 5 heteroatoms. The highest BCUT2D eigenvalue weighted by molar-refractivity contribution is 7.21. The summed E-state index contributed by atoms with van der Waals surface area (Å²) in [6, 6.07) is 6.09. The van der Waals surface area contributed by atoms with Crippen LogP contribution in [0.3, 0.4) is 0 Å². The van der Waals surface area contributed by atoms with Crippen molar-refractivity contribution in [1.82, 2.24) is 5.32 Å². The van der Waals surface area contributed by atoms with E-state index >= 15 is 0 Å². The quantitative estimate of drug-likeness (QED) is 0.916. The van der Waals surface area contributed by atoms with Crippen LogP contribution in [0.1, 0.15) is 28.1 Å². The predicted octanol–water partition coefficient (Wildman–Crippen LogP) is 2.95. The Morgan fingerprint density at radius 1 is 1.43 bits per heavy atom. The lowest BCUT2D eigenvalue weighted by molar-refractivity contribution is 0.0643. The number of thiophene rings is 1. The lowest BCUT2D eigenvalue weighted by Gasteiger charge is -2.22. The molecule has 4 nitrogen and oxygen atoms in total. The van der Waals surface area contributed by atoms with Gasteiger partial charge in [0.1, 0.15) is 4.88 Å². The second-order valence-electron chi connectivity index (χ2n) is 5.61. The first-order chi connectivity index (χ1) is 10.1. The van der Waals surface area contributed by atoms with Crippen molar-refractivity contribution in [3.63, 3.8) is 0 Å². The molecule has 1 aliphatic rings. The Hall–Kier alpha value is -1.59. The van der Waals surface area contributed by atoms with E-state index in [1.54, 1.807) is 0 Å². The molecule has 0 unspecified atom stereocenters. The number of nitrogens with one attached hydrogen (secondary N) is 1. The smallest absolute Gasteiger partial charge is 0.263 e. The van der Waals surface area contributed by atoms with Gasteiger partial charge in [-0.3, -0.25) is 4.79 Å². The highest BCUT2D eigenvalue weighted by Crippen LogP contribution is 2.34. The van der Waals surface area contributed by atoms with Crippen molar-refractivity contribution in [1.29, 1.82) is 0 Å². The normalized spacial score (nSPS) is 16.2. The van der Waals surface area contributed by atoms with Crippen LogP contribution in [-0.2, 0) is 4.74 Å². The first-order valence-corrected chi connectivity index (χ1v) is 8.11. The van der Waals surface area contributed by atoms with E-state index in [1.165, 1.54) is 16.9 Å². The Morgan fingerprint density at radius 2 is 2.19 bits per heavy atom. The molecule has 2 aromatic rings. The number of anilines is 1. The maximum absolute atomic E-state index is 12.4. The Labute approximate surface area is 128 Å². The minimum atomic E-state index is -0.0576. The fourth-order valence-electron chi connectivity index (χ4n) is 2.66. The van der Waals surface area contributed by atoms with E-state index in [0.29, 0.717) is 23.0 Å². The molecule has 21 heavy (non-hydrogen) atoms. The number of benzene rings is 1. The van der Waals surface area contributed by atoms with Crippen LogP contribution in [0.5, 0.6) is 0 Å². The van der Waals surface area contributed by atoms with Crippen LogP contribution >= 0.6 is 11.3 Å². The van der Waals surface area contributed by atoms with Crippen molar-refractivity contribution in [3.05, 3.63) is 28.6 Å². The van der Waals surface area contributed by atoms with Crippen LogP contribution in [0.4, 0.5) is 5.69 Å². The molecule has 0 radical (unpaired) electrons. The molecule has 1 aromatic carbocycles. The van der Waals surface area contributed by atoms with Gasteiger partial charge in [0.25, 0.3) is 5.91 Å². The van der Waals surface area contributed by atoms with Crippen molar-refractivity contribution in [2.75, 3.05) is 25.5 Å².